The van der Waals surface area contributed by atoms with Gasteiger partial charge in [-0.3, -0.25) is 0 Å². The van der Waals surface area contributed by atoms with Crippen LogP contribution < -0.4 is 11.1 Å². The van der Waals surface area contributed by atoms with Gasteiger partial charge in [0.15, 0.2) is 11.1 Å². The van der Waals surface area contributed by atoms with Crippen LogP contribution in [0.5, 0.6) is 0 Å². The number of nitrogens with two attached hydrogens (primary N) is 1. The number of aliphatic imine (C=N–C) groups is 1. The number of para-hydroxylation sites is 1. The molecule has 0 saturated heterocycles. The SMILES string of the molecule is CC1(C)OC(N)=N[C@](C)(c2cc(Nc3ccccc3C(F)(F)F)ccc2F)C1(F)F. The van der Waals surface area contributed by atoms with Crippen molar-refractivity contribution in [2.75, 3.05) is 5.32 Å². The van der Waals surface area contributed by atoms with Gasteiger partial charge in [-0.15, -0.1) is 0 Å². The molecule has 0 radical (unpaired) electrons. The normalized spacial score (nSPS) is 22.8. The van der Waals surface area contributed by atoms with Crippen LogP contribution in [0.4, 0.5) is 37.7 Å². The molecule has 30 heavy (non-hydrogen) atoms. The second-order valence-electron chi connectivity index (χ2n) is 7.57. The Bertz CT molecular complexity index is 1000. The van der Waals surface area contributed by atoms with E-state index < -0.39 is 46.2 Å². The van der Waals surface area contributed by atoms with E-state index in [1.54, 1.807) is 0 Å². The minimum absolute atomic E-state index is 0.0294. The van der Waals surface area contributed by atoms with Crippen molar-refractivity contribution < 1.29 is 31.1 Å². The zero-order chi connectivity index (χ0) is 22.5. The topological polar surface area (TPSA) is 59.6 Å². The molecule has 0 spiro atoms. The van der Waals surface area contributed by atoms with Crippen molar-refractivity contribution in [3.63, 3.8) is 0 Å². The lowest BCUT2D eigenvalue weighted by Gasteiger charge is -2.46. The first-order chi connectivity index (χ1) is 13.7. The van der Waals surface area contributed by atoms with E-state index in [1.165, 1.54) is 18.2 Å². The molecule has 0 aliphatic carbocycles. The molecule has 2 aromatic rings. The van der Waals surface area contributed by atoms with Gasteiger partial charge in [0.1, 0.15) is 5.82 Å². The molecule has 0 saturated carbocycles. The molecule has 1 aliphatic rings. The Morgan fingerprint density at radius 1 is 1.03 bits per heavy atom. The standard InChI is InChI=1S/C20H19F6N3O/c1-17(2)20(25,26)18(3,29-16(27)30-17)13-10-11(8-9-14(13)21)28-15-7-5-4-6-12(15)19(22,23)24/h4-10,28H,1-3H3,(H2,27,29)/t18-/m1/s1. The van der Waals surface area contributed by atoms with E-state index >= 15 is 8.78 Å². The number of anilines is 2. The Hall–Kier alpha value is -2.91. The van der Waals surface area contributed by atoms with Crippen LogP contribution in [0, 0.1) is 5.82 Å². The van der Waals surface area contributed by atoms with Crippen molar-refractivity contribution in [3.05, 3.63) is 59.4 Å². The summed E-state index contributed by atoms with van der Waals surface area (Å²) in [6.07, 6.45) is -4.64. The van der Waals surface area contributed by atoms with Gasteiger partial charge in [-0.1, -0.05) is 12.1 Å². The number of nitrogens with zero attached hydrogens (tertiary/aromatic N) is 1. The molecule has 0 fully saturated rings. The summed E-state index contributed by atoms with van der Waals surface area (Å²) < 4.78 is 89.7. The quantitative estimate of drug-likeness (QED) is 0.626. The number of halogens is 6. The summed E-state index contributed by atoms with van der Waals surface area (Å²) >= 11 is 0. The Morgan fingerprint density at radius 2 is 1.67 bits per heavy atom. The molecule has 1 aliphatic heterocycles. The van der Waals surface area contributed by atoms with E-state index in [4.69, 9.17) is 10.5 Å². The number of hydrogen-bond acceptors (Lipinski definition) is 4. The Labute approximate surface area is 168 Å². The highest BCUT2D eigenvalue weighted by atomic mass is 19.4. The van der Waals surface area contributed by atoms with E-state index in [-0.39, 0.29) is 11.4 Å². The molecule has 10 heteroatoms. The van der Waals surface area contributed by atoms with Crippen LogP contribution in [-0.4, -0.2) is 17.5 Å². The zero-order valence-electron chi connectivity index (χ0n) is 16.2. The van der Waals surface area contributed by atoms with Gasteiger partial charge in [-0.25, -0.2) is 9.38 Å². The second kappa shape index (κ2) is 6.82. The van der Waals surface area contributed by atoms with Gasteiger partial charge in [0, 0.05) is 11.3 Å². The summed E-state index contributed by atoms with van der Waals surface area (Å²) in [7, 11) is 0. The number of benzene rings is 2. The van der Waals surface area contributed by atoms with Crippen LogP contribution in [0.3, 0.4) is 0 Å². The minimum atomic E-state index is -4.64. The van der Waals surface area contributed by atoms with Crippen LogP contribution in [0.1, 0.15) is 31.9 Å². The molecule has 0 unspecified atom stereocenters. The van der Waals surface area contributed by atoms with Gasteiger partial charge in [0.25, 0.3) is 6.02 Å². The molecule has 1 atom stereocenters. The monoisotopic (exact) mass is 431 g/mol. The summed E-state index contributed by atoms with van der Waals surface area (Å²) in [4.78, 5) is 3.67. The lowest BCUT2D eigenvalue weighted by molar-refractivity contribution is -0.207. The van der Waals surface area contributed by atoms with Gasteiger partial charge in [-0.05, 0) is 51.1 Å². The number of nitrogens with one attached hydrogen (secondary N) is 1. The number of rotatable bonds is 3. The minimum Gasteiger partial charge on any atom is -0.453 e. The second-order valence-corrected chi connectivity index (χ2v) is 7.57. The van der Waals surface area contributed by atoms with Crippen molar-refractivity contribution in [3.8, 4) is 0 Å². The van der Waals surface area contributed by atoms with Crippen molar-refractivity contribution in [1.82, 2.24) is 0 Å². The largest absolute Gasteiger partial charge is 0.453 e. The molecular formula is C20H19F6N3O. The van der Waals surface area contributed by atoms with Crippen LogP contribution in [0.15, 0.2) is 47.5 Å². The third-order valence-electron chi connectivity index (χ3n) is 5.06. The Balaban J connectivity index is 2.11. The highest BCUT2D eigenvalue weighted by Gasteiger charge is 2.66. The smallest absolute Gasteiger partial charge is 0.418 e. The average molecular weight is 431 g/mol. The van der Waals surface area contributed by atoms with Crippen LogP contribution in [-0.2, 0) is 16.5 Å². The van der Waals surface area contributed by atoms with Gasteiger partial charge in [0.05, 0.1) is 11.3 Å². The molecule has 0 amide bonds. The fraction of sp³-hybridized carbons (Fsp3) is 0.350. The van der Waals surface area contributed by atoms with Crippen LogP contribution >= 0.6 is 0 Å². The summed E-state index contributed by atoms with van der Waals surface area (Å²) in [5.41, 5.74) is -0.841. The van der Waals surface area contributed by atoms with Gasteiger partial charge in [0.2, 0.25) is 0 Å². The summed E-state index contributed by atoms with van der Waals surface area (Å²) in [5.74, 6) is -4.72. The molecule has 0 aromatic heterocycles. The van der Waals surface area contributed by atoms with Gasteiger partial charge in [-0.2, -0.15) is 22.0 Å². The highest BCUT2D eigenvalue weighted by molar-refractivity contribution is 5.74. The summed E-state index contributed by atoms with van der Waals surface area (Å²) in [5, 5.41) is 2.52. The molecule has 2 aromatic carbocycles. The molecular weight excluding hydrogens is 412 g/mol. The first kappa shape index (κ1) is 21.8. The Morgan fingerprint density at radius 3 is 2.30 bits per heavy atom. The van der Waals surface area contributed by atoms with Crippen LogP contribution in [0.2, 0.25) is 0 Å². The van der Waals surface area contributed by atoms with Crippen LogP contribution in [0.25, 0.3) is 0 Å². The third-order valence-corrected chi connectivity index (χ3v) is 5.06. The van der Waals surface area contributed by atoms with Gasteiger partial charge >= 0.3 is 12.1 Å². The fourth-order valence-electron chi connectivity index (χ4n) is 3.43. The predicted molar refractivity (Wildman–Crippen MR) is 100 cm³/mol. The lowest BCUT2D eigenvalue weighted by atomic mass is 9.77. The first-order valence-corrected chi connectivity index (χ1v) is 8.84. The lowest BCUT2D eigenvalue weighted by Crippen LogP contribution is -2.62. The summed E-state index contributed by atoms with van der Waals surface area (Å²) in [6, 6.07) is 7.11. The predicted octanol–water partition coefficient (Wildman–Crippen LogP) is 5.56. The molecule has 4 nitrogen and oxygen atoms in total. The molecule has 0 bridgehead atoms. The number of alkyl halides is 5. The zero-order valence-corrected chi connectivity index (χ0v) is 16.2. The van der Waals surface area contributed by atoms with Crippen molar-refractivity contribution in [2.45, 2.75) is 44.0 Å². The van der Waals surface area contributed by atoms with E-state index in [0.29, 0.717) is 0 Å². The third kappa shape index (κ3) is 3.44. The molecule has 3 rings (SSSR count). The maximum absolute atomic E-state index is 15.2. The number of amidine groups is 1. The maximum atomic E-state index is 15.2. The first-order valence-electron chi connectivity index (χ1n) is 8.84. The maximum Gasteiger partial charge on any atom is 0.418 e. The van der Waals surface area contributed by atoms with Crippen molar-refractivity contribution in [1.29, 1.82) is 0 Å². The van der Waals surface area contributed by atoms with E-state index in [0.717, 1.165) is 45.0 Å². The Kier molecular flexibility index (Phi) is 4.95. The molecule has 1 heterocycles. The average Bonchev–Trinajstić information content (AvgIpc) is 2.61. The van der Waals surface area contributed by atoms with E-state index in [2.05, 4.69) is 10.3 Å². The van der Waals surface area contributed by atoms with Gasteiger partial charge < -0.3 is 15.8 Å². The van der Waals surface area contributed by atoms with Crippen molar-refractivity contribution in [2.24, 2.45) is 10.7 Å². The number of ether oxygens (including phenoxy) is 1. The van der Waals surface area contributed by atoms with E-state index in [9.17, 15) is 17.6 Å². The van der Waals surface area contributed by atoms with Crippen molar-refractivity contribution >= 4 is 17.4 Å². The molecule has 3 N–H and O–H groups in total. The summed E-state index contributed by atoms with van der Waals surface area (Å²) in [6.45, 7) is 3.18. The fourth-order valence-corrected chi connectivity index (χ4v) is 3.43. The number of hydrogen-bond donors (Lipinski definition) is 2. The molecule has 162 valence electrons. The van der Waals surface area contributed by atoms with E-state index in [1.807, 2.05) is 0 Å². The highest BCUT2D eigenvalue weighted by Crippen LogP contribution is 2.52.